The van der Waals surface area contributed by atoms with Crippen molar-refractivity contribution in [1.29, 1.82) is 0 Å². The number of hydrogen-bond acceptors (Lipinski definition) is 3. The van der Waals surface area contributed by atoms with Crippen LogP contribution >= 0.6 is 0 Å². The minimum absolute atomic E-state index is 0.0271. The molecule has 0 aliphatic heterocycles. The molecule has 0 spiro atoms. The van der Waals surface area contributed by atoms with Crippen LogP contribution in [0.1, 0.15) is 18.4 Å². The third-order valence-corrected chi connectivity index (χ3v) is 3.28. The minimum atomic E-state index is -4.65. The number of nitrogens with one attached hydrogen (secondary N) is 1. The van der Waals surface area contributed by atoms with Gasteiger partial charge in [0.15, 0.2) is 0 Å². The van der Waals surface area contributed by atoms with E-state index >= 15 is 0 Å². The largest absolute Gasteiger partial charge is 0.573 e. The molecule has 19 heavy (non-hydrogen) atoms. The molecule has 1 aromatic rings. The molecule has 0 saturated heterocycles. The molecule has 1 saturated carbocycles. The van der Waals surface area contributed by atoms with Crippen molar-refractivity contribution in [2.75, 3.05) is 13.2 Å². The van der Waals surface area contributed by atoms with Gasteiger partial charge in [0.1, 0.15) is 5.75 Å². The van der Waals surface area contributed by atoms with Crippen molar-refractivity contribution in [1.82, 2.24) is 5.32 Å². The fourth-order valence-electron chi connectivity index (χ4n) is 1.85. The number of benzene rings is 1. The highest BCUT2D eigenvalue weighted by Gasteiger charge is 2.41. The molecule has 0 radical (unpaired) electrons. The van der Waals surface area contributed by atoms with Gasteiger partial charge >= 0.3 is 6.36 Å². The predicted molar refractivity (Wildman–Crippen MR) is 63.6 cm³/mol. The van der Waals surface area contributed by atoms with Crippen molar-refractivity contribution in [2.45, 2.75) is 25.7 Å². The molecular formula is C13H16F3NO2. The summed E-state index contributed by atoms with van der Waals surface area (Å²) in [7, 11) is 0. The maximum absolute atomic E-state index is 12.0. The summed E-state index contributed by atoms with van der Waals surface area (Å²) in [4.78, 5) is 0. The van der Waals surface area contributed by atoms with Gasteiger partial charge in [-0.25, -0.2) is 0 Å². The molecule has 1 aliphatic carbocycles. The van der Waals surface area contributed by atoms with E-state index in [0.717, 1.165) is 24.9 Å². The summed E-state index contributed by atoms with van der Waals surface area (Å²) >= 11 is 0. The quantitative estimate of drug-likeness (QED) is 0.838. The molecule has 1 fully saturated rings. The van der Waals surface area contributed by atoms with Gasteiger partial charge in [0.25, 0.3) is 0 Å². The zero-order valence-electron chi connectivity index (χ0n) is 10.3. The second-order valence-corrected chi connectivity index (χ2v) is 4.95. The van der Waals surface area contributed by atoms with E-state index in [1.165, 1.54) is 12.1 Å². The van der Waals surface area contributed by atoms with Crippen molar-refractivity contribution < 1.29 is 23.0 Å². The summed E-state index contributed by atoms with van der Waals surface area (Å²) in [5.41, 5.74) is 0.905. The van der Waals surface area contributed by atoms with E-state index < -0.39 is 6.36 Å². The van der Waals surface area contributed by atoms with Crippen LogP contribution in [0.4, 0.5) is 13.2 Å². The summed E-state index contributed by atoms with van der Waals surface area (Å²) in [6.45, 7) is 1.47. The van der Waals surface area contributed by atoms with E-state index in [1.54, 1.807) is 12.1 Å². The molecule has 0 amide bonds. The Morgan fingerprint density at radius 1 is 1.21 bits per heavy atom. The van der Waals surface area contributed by atoms with Crippen molar-refractivity contribution in [3.05, 3.63) is 29.8 Å². The molecule has 0 aromatic heterocycles. The molecule has 1 aliphatic rings. The smallest absolute Gasteiger partial charge is 0.406 e. The number of alkyl halides is 3. The minimum Gasteiger partial charge on any atom is -0.406 e. The van der Waals surface area contributed by atoms with E-state index in [0.29, 0.717) is 6.54 Å². The van der Waals surface area contributed by atoms with Crippen molar-refractivity contribution in [3.63, 3.8) is 0 Å². The van der Waals surface area contributed by atoms with Crippen LogP contribution in [0, 0.1) is 5.41 Å². The van der Waals surface area contributed by atoms with Crippen LogP contribution in [0.3, 0.4) is 0 Å². The number of rotatable bonds is 6. The zero-order valence-corrected chi connectivity index (χ0v) is 10.3. The molecular weight excluding hydrogens is 259 g/mol. The second kappa shape index (κ2) is 5.38. The molecule has 106 valence electrons. The Bertz CT molecular complexity index is 413. The van der Waals surface area contributed by atoms with Crippen LogP contribution in [0.5, 0.6) is 5.75 Å². The summed E-state index contributed by atoms with van der Waals surface area (Å²) < 4.78 is 39.7. The molecule has 6 heteroatoms. The molecule has 1 aromatic carbocycles. The van der Waals surface area contributed by atoms with Crippen LogP contribution in [-0.2, 0) is 6.54 Å². The third kappa shape index (κ3) is 4.40. The Hall–Kier alpha value is -1.27. The van der Waals surface area contributed by atoms with Gasteiger partial charge in [-0.15, -0.1) is 13.2 Å². The van der Waals surface area contributed by atoms with Gasteiger partial charge in [0.2, 0.25) is 0 Å². The first kappa shape index (κ1) is 14.1. The standard InChI is InChI=1S/C13H16F3NO2/c14-13(15,16)19-11-3-1-10(2-4-11)7-17-8-12(9-18)5-6-12/h1-4,17-18H,5-9H2. The maximum Gasteiger partial charge on any atom is 0.573 e. The molecule has 0 heterocycles. The Morgan fingerprint density at radius 2 is 1.84 bits per heavy atom. The molecule has 3 nitrogen and oxygen atoms in total. The molecule has 0 bridgehead atoms. The Labute approximate surface area is 109 Å². The molecule has 2 N–H and O–H groups in total. The van der Waals surface area contributed by atoms with Crippen LogP contribution in [0.25, 0.3) is 0 Å². The monoisotopic (exact) mass is 275 g/mol. The highest BCUT2D eigenvalue weighted by atomic mass is 19.4. The van der Waals surface area contributed by atoms with Gasteiger partial charge in [-0.2, -0.15) is 0 Å². The summed E-state index contributed by atoms with van der Waals surface area (Å²) in [5, 5.41) is 12.3. The lowest BCUT2D eigenvalue weighted by atomic mass is 10.1. The average Bonchev–Trinajstić information content (AvgIpc) is 3.10. The summed E-state index contributed by atoms with van der Waals surface area (Å²) in [6, 6.07) is 5.77. The van der Waals surface area contributed by atoms with Crippen LogP contribution < -0.4 is 10.1 Å². The Balaban J connectivity index is 1.79. The van der Waals surface area contributed by atoms with E-state index in [9.17, 15) is 13.2 Å². The molecule has 0 unspecified atom stereocenters. The first-order chi connectivity index (χ1) is 8.92. The van der Waals surface area contributed by atoms with E-state index in [2.05, 4.69) is 10.1 Å². The van der Waals surface area contributed by atoms with Crippen molar-refractivity contribution in [2.24, 2.45) is 5.41 Å². The Kier molecular flexibility index (Phi) is 4.01. The average molecular weight is 275 g/mol. The van der Waals surface area contributed by atoms with Crippen LogP contribution in [0.2, 0.25) is 0 Å². The number of ether oxygens (including phenoxy) is 1. The third-order valence-electron chi connectivity index (χ3n) is 3.28. The Morgan fingerprint density at radius 3 is 2.32 bits per heavy atom. The maximum atomic E-state index is 12.0. The lowest BCUT2D eigenvalue weighted by Gasteiger charge is -2.13. The summed E-state index contributed by atoms with van der Waals surface area (Å²) in [6.07, 6.45) is -2.61. The first-order valence-corrected chi connectivity index (χ1v) is 6.09. The van der Waals surface area contributed by atoms with Gasteiger partial charge in [0.05, 0.1) is 0 Å². The second-order valence-electron chi connectivity index (χ2n) is 4.95. The fraction of sp³-hybridized carbons (Fsp3) is 0.538. The van der Waals surface area contributed by atoms with Gasteiger partial charge in [-0.1, -0.05) is 12.1 Å². The molecule has 2 rings (SSSR count). The zero-order chi connectivity index (χ0) is 13.9. The number of hydrogen-bond donors (Lipinski definition) is 2. The van der Waals surface area contributed by atoms with Gasteiger partial charge in [-0.05, 0) is 30.5 Å². The van der Waals surface area contributed by atoms with Crippen molar-refractivity contribution in [3.8, 4) is 5.75 Å². The van der Waals surface area contributed by atoms with Gasteiger partial charge < -0.3 is 15.2 Å². The number of aliphatic hydroxyl groups excluding tert-OH is 1. The lowest BCUT2D eigenvalue weighted by Crippen LogP contribution is -2.26. The topological polar surface area (TPSA) is 41.5 Å². The fourth-order valence-corrected chi connectivity index (χ4v) is 1.85. The van der Waals surface area contributed by atoms with Gasteiger partial charge in [-0.3, -0.25) is 0 Å². The van der Waals surface area contributed by atoms with E-state index in [-0.39, 0.29) is 17.8 Å². The molecule has 0 atom stereocenters. The highest BCUT2D eigenvalue weighted by Crippen LogP contribution is 2.44. The van der Waals surface area contributed by atoms with Crippen molar-refractivity contribution >= 4 is 0 Å². The SMILES string of the molecule is OCC1(CNCc2ccc(OC(F)(F)F)cc2)CC1. The normalized spacial score (nSPS) is 17.3. The summed E-state index contributed by atoms with van der Waals surface area (Å²) in [5.74, 6) is -0.217. The van der Waals surface area contributed by atoms with Crippen LogP contribution in [-0.4, -0.2) is 24.6 Å². The number of aliphatic hydroxyl groups is 1. The first-order valence-electron chi connectivity index (χ1n) is 6.09. The van der Waals surface area contributed by atoms with E-state index in [1.807, 2.05) is 0 Å². The highest BCUT2D eigenvalue weighted by molar-refractivity contribution is 5.27. The lowest BCUT2D eigenvalue weighted by molar-refractivity contribution is -0.274. The van der Waals surface area contributed by atoms with Gasteiger partial charge in [0, 0.05) is 25.1 Å². The number of halogens is 3. The predicted octanol–water partition coefficient (Wildman–Crippen LogP) is 2.45. The van der Waals surface area contributed by atoms with Crippen LogP contribution in [0.15, 0.2) is 24.3 Å². The van der Waals surface area contributed by atoms with E-state index in [4.69, 9.17) is 5.11 Å².